The van der Waals surface area contributed by atoms with Gasteiger partial charge in [-0.05, 0) is 112 Å². The van der Waals surface area contributed by atoms with Crippen molar-refractivity contribution in [3.8, 4) is 6.07 Å². The molecule has 4 N–H and O–H groups in total. The molecular weight excluding hydrogens is 530 g/mol. The summed E-state index contributed by atoms with van der Waals surface area (Å²) in [4.78, 5) is 13.6. The minimum absolute atomic E-state index is 0.285. The molecule has 0 spiro atoms. The summed E-state index contributed by atoms with van der Waals surface area (Å²) < 4.78 is 0. The molecule has 0 radical (unpaired) electrons. The molecule has 8 nitrogen and oxygen atoms in total. The maximum atomic E-state index is 10.7. The molecule has 0 aromatic carbocycles. The molecule has 9 rings (SSSR count). The van der Waals surface area contributed by atoms with Crippen LogP contribution in [0.2, 0.25) is 0 Å². The highest BCUT2D eigenvalue weighted by Crippen LogP contribution is 2.60. The van der Waals surface area contributed by atoms with Gasteiger partial charge in [-0.25, -0.2) is 9.97 Å². The van der Waals surface area contributed by atoms with Crippen LogP contribution in [0.25, 0.3) is 0 Å². The summed E-state index contributed by atoms with van der Waals surface area (Å²) in [5.74, 6) is 3.48. The Morgan fingerprint density at radius 2 is 1.76 bits per heavy atom. The molecule has 0 unspecified atom stereocenters. The number of nitrogens with one attached hydrogen (secondary N) is 3. The second-order valence-electron chi connectivity index (χ2n) is 14.0. The predicted molar refractivity (Wildman–Crippen MR) is 161 cm³/mol. The molecule has 6 bridgehead atoms. The van der Waals surface area contributed by atoms with Crippen LogP contribution in [-0.2, 0) is 6.54 Å². The Hall–Kier alpha value is -2.41. The quantitative estimate of drug-likeness (QED) is 0.279. The van der Waals surface area contributed by atoms with Crippen molar-refractivity contribution >= 4 is 23.5 Å². The summed E-state index contributed by atoms with van der Waals surface area (Å²) in [6.45, 7) is 2.59. The number of pyridine rings is 1. The lowest BCUT2D eigenvalue weighted by molar-refractivity contribution is -0.101. The minimum atomic E-state index is -0.354. The van der Waals surface area contributed by atoms with Crippen LogP contribution in [0.3, 0.4) is 0 Å². The molecule has 218 valence electrons. The number of aromatic nitrogens is 3. The van der Waals surface area contributed by atoms with Crippen molar-refractivity contribution < 1.29 is 5.11 Å². The van der Waals surface area contributed by atoms with Gasteiger partial charge in [0, 0.05) is 37.4 Å². The van der Waals surface area contributed by atoms with Crippen LogP contribution >= 0.6 is 11.8 Å². The first-order chi connectivity index (χ1) is 19.9. The van der Waals surface area contributed by atoms with E-state index in [0.717, 1.165) is 60.7 Å². The number of rotatable bonds is 10. The first-order valence-electron chi connectivity index (χ1n) is 15.6. The van der Waals surface area contributed by atoms with Crippen LogP contribution < -0.4 is 16.0 Å². The molecule has 0 saturated heterocycles. The van der Waals surface area contributed by atoms with Crippen LogP contribution in [0.4, 0.5) is 11.8 Å². The number of hydrogen-bond acceptors (Lipinski definition) is 9. The van der Waals surface area contributed by atoms with E-state index in [1.165, 1.54) is 51.4 Å². The normalized spacial score (nSPS) is 36.7. The van der Waals surface area contributed by atoms with Gasteiger partial charge in [0.2, 0.25) is 5.95 Å². The average Bonchev–Trinajstić information content (AvgIpc) is 2.99. The molecule has 9 heteroatoms. The van der Waals surface area contributed by atoms with Crippen molar-refractivity contribution in [3.05, 3.63) is 35.7 Å². The second kappa shape index (κ2) is 10.7. The molecule has 2 atom stereocenters. The third-order valence-corrected chi connectivity index (χ3v) is 12.2. The largest absolute Gasteiger partial charge is 0.390 e. The molecule has 0 aliphatic heterocycles. The molecule has 0 amide bonds. The van der Waals surface area contributed by atoms with E-state index in [4.69, 9.17) is 4.98 Å². The Morgan fingerprint density at radius 3 is 2.46 bits per heavy atom. The van der Waals surface area contributed by atoms with Crippen LogP contribution in [0.15, 0.2) is 29.6 Å². The number of fused-ring (bicyclic) bond motifs is 3. The van der Waals surface area contributed by atoms with E-state index in [1.54, 1.807) is 18.0 Å². The molecule has 2 aromatic heterocycles. The molecule has 41 heavy (non-hydrogen) atoms. The summed E-state index contributed by atoms with van der Waals surface area (Å²) in [6, 6.07) is 6.93. The summed E-state index contributed by atoms with van der Waals surface area (Å²) in [7, 11) is 0. The van der Waals surface area contributed by atoms with Gasteiger partial charge < -0.3 is 21.1 Å². The van der Waals surface area contributed by atoms with Gasteiger partial charge >= 0.3 is 0 Å². The Labute approximate surface area is 247 Å². The summed E-state index contributed by atoms with van der Waals surface area (Å²) in [6.07, 6.45) is 18.6. The number of anilines is 2. The molecule has 7 aliphatic carbocycles. The number of nitrogens with zero attached hydrogens (tertiary/aromatic N) is 4. The van der Waals surface area contributed by atoms with Gasteiger partial charge in [0.1, 0.15) is 22.5 Å². The molecule has 2 aromatic rings. The lowest BCUT2D eigenvalue weighted by Crippen LogP contribution is -2.61. The average molecular weight is 574 g/mol. The van der Waals surface area contributed by atoms with Crippen molar-refractivity contribution in [2.24, 2.45) is 28.6 Å². The predicted octanol–water partition coefficient (Wildman–Crippen LogP) is 5.36. The van der Waals surface area contributed by atoms with Crippen LogP contribution in [0.1, 0.15) is 81.8 Å². The first-order valence-corrected chi connectivity index (χ1v) is 16.8. The van der Waals surface area contributed by atoms with E-state index in [1.807, 2.05) is 18.5 Å². The van der Waals surface area contributed by atoms with E-state index in [0.29, 0.717) is 35.3 Å². The zero-order valence-electron chi connectivity index (χ0n) is 24.2. The van der Waals surface area contributed by atoms with Gasteiger partial charge in [-0.15, -0.1) is 11.8 Å². The Kier molecular flexibility index (Phi) is 7.16. The summed E-state index contributed by atoms with van der Waals surface area (Å²) >= 11 is 1.63. The minimum Gasteiger partial charge on any atom is -0.390 e. The standard InChI is InChI=1S/C32H43N7OS/c1-41-28-22(3-2-10-34-28)17-35-29-36-18-25(16-33)27(39-29)38-20-31-13-21-11-23(14-31)26(24(12-21)15-31)37-19-30-4-7-32(40,8-5-30)9-6-30/h2-3,10,18,21,23-24,26,37,40H,4-9,11-15,17,19-20H2,1H3,(H2,35,36,38,39)/t21?,23-,24-,26?,30?,31?,32?/m0/s1. The van der Waals surface area contributed by atoms with Crippen LogP contribution in [-0.4, -0.2) is 51.0 Å². The summed E-state index contributed by atoms with van der Waals surface area (Å²) in [5, 5.41) is 32.5. The Balaban J connectivity index is 0.992. The van der Waals surface area contributed by atoms with Crippen molar-refractivity contribution in [2.45, 2.75) is 93.8 Å². The van der Waals surface area contributed by atoms with Gasteiger partial charge in [0.15, 0.2) is 0 Å². The number of nitriles is 1. The third-order valence-electron chi connectivity index (χ3n) is 11.5. The zero-order chi connectivity index (χ0) is 28.1. The fourth-order valence-electron chi connectivity index (χ4n) is 9.46. The first kappa shape index (κ1) is 27.4. The van der Waals surface area contributed by atoms with Crippen LogP contribution in [0, 0.1) is 39.9 Å². The van der Waals surface area contributed by atoms with Gasteiger partial charge in [-0.1, -0.05) is 6.07 Å². The highest BCUT2D eigenvalue weighted by atomic mass is 32.2. The van der Waals surface area contributed by atoms with Gasteiger partial charge in [-0.2, -0.15) is 10.2 Å². The maximum Gasteiger partial charge on any atom is 0.224 e. The topological polar surface area (TPSA) is 119 Å². The number of hydrogen-bond donors (Lipinski definition) is 4. The van der Waals surface area contributed by atoms with Crippen molar-refractivity contribution in [1.82, 2.24) is 20.3 Å². The fraction of sp³-hybridized carbons (Fsp3) is 0.688. The zero-order valence-corrected chi connectivity index (χ0v) is 25.0. The monoisotopic (exact) mass is 573 g/mol. The van der Waals surface area contributed by atoms with Gasteiger partial charge in [-0.3, -0.25) is 0 Å². The summed E-state index contributed by atoms with van der Waals surface area (Å²) in [5.41, 5.74) is 1.95. The second-order valence-corrected chi connectivity index (χ2v) is 14.8. The fourth-order valence-corrected chi connectivity index (χ4v) is 10.0. The highest BCUT2D eigenvalue weighted by Gasteiger charge is 2.56. The van der Waals surface area contributed by atoms with Gasteiger partial charge in [0.05, 0.1) is 11.8 Å². The van der Waals surface area contributed by atoms with Crippen LogP contribution in [0.5, 0.6) is 0 Å². The Morgan fingerprint density at radius 1 is 1.00 bits per heavy atom. The van der Waals surface area contributed by atoms with E-state index >= 15 is 0 Å². The molecular formula is C32H43N7OS. The SMILES string of the molecule is CSc1ncccc1CNc1ncc(C#N)c(NCC23CC4C[C@@H](C2)C(NCC25CCC(O)(CC2)CC5)[C@@H](C4)C3)n1. The Bertz CT molecular complexity index is 1290. The maximum absolute atomic E-state index is 10.7. The number of aliphatic hydroxyl groups is 1. The highest BCUT2D eigenvalue weighted by molar-refractivity contribution is 7.98. The van der Waals surface area contributed by atoms with E-state index in [2.05, 4.69) is 38.1 Å². The third kappa shape index (κ3) is 5.32. The van der Waals surface area contributed by atoms with Crippen molar-refractivity contribution in [2.75, 3.05) is 30.0 Å². The molecule has 7 aliphatic rings. The lowest BCUT2D eigenvalue weighted by Gasteiger charge is -2.61. The lowest BCUT2D eigenvalue weighted by atomic mass is 9.47. The number of thioether (sulfide) groups is 1. The molecule has 7 fully saturated rings. The van der Waals surface area contributed by atoms with E-state index < -0.39 is 0 Å². The molecule has 2 heterocycles. The smallest absolute Gasteiger partial charge is 0.224 e. The van der Waals surface area contributed by atoms with Crippen molar-refractivity contribution in [1.29, 1.82) is 5.26 Å². The van der Waals surface area contributed by atoms with E-state index in [-0.39, 0.29) is 11.0 Å². The van der Waals surface area contributed by atoms with Crippen molar-refractivity contribution in [3.63, 3.8) is 0 Å². The van der Waals surface area contributed by atoms with Gasteiger partial charge in [0.25, 0.3) is 0 Å². The molecule has 7 saturated carbocycles. The van der Waals surface area contributed by atoms with E-state index in [9.17, 15) is 10.4 Å².